The molecule has 1 saturated carbocycles. The number of benzene rings is 4. The van der Waals surface area contributed by atoms with Crippen molar-refractivity contribution in [2.24, 2.45) is 17.8 Å². The van der Waals surface area contributed by atoms with Gasteiger partial charge in [-0.1, -0.05) is 82.3 Å². The molecule has 2 aromatic heterocycles. The van der Waals surface area contributed by atoms with Gasteiger partial charge >= 0.3 is 12.2 Å². The van der Waals surface area contributed by atoms with Crippen LogP contribution in [0.25, 0.3) is 55.3 Å². The fraction of sp³-hybridized carbons (Fsp3) is 0.400. The van der Waals surface area contributed by atoms with Crippen LogP contribution >= 0.6 is 0 Å². The Labute approximate surface area is 372 Å². The van der Waals surface area contributed by atoms with Gasteiger partial charge in [0.05, 0.1) is 49.2 Å². The molecule has 0 spiro atoms. The van der Waals surface area contributed by atoms with E-state index in [1.54, 1.807) is 0 Å². The quantitative estimate of drug-likeness (QED) is 0.0999. The van der Waals surface area contributed by atoms with E-state index >= 15 is 0 Å². The van der Waals surface area contributed by atoms with Crippen molar-refractivity contribution in [2.75, 3.05) is 20.8 Å². The zero-order valence-corrected chi connectivity index (χ0v) is 37.2. The first-order valence-electron chi connectivity index (χ1n) is 22.4. The molecular formula is C50H56N8O6. The molecule has 14 heteroatoms. The Balaban J connectivity index is 0.892. The number of likely N-dealkylation sites (tertiary alicyclic amines) is 2. The number of piperidine rings is 1. The molecule has 3 aliphatic rings. The summed E-state index contributed by atoms with van der Waals surface area (Å²) in [6.45, 7) is 8.28. The van der Waals surface area contributed by atoms with Crippen molar-refractivity contribution >= 4 is 45.8 Å². The molecule has 1 aliphatic carbocycles. The molecule has 332 valence electrons. The molecule has 2 saturated heterocycles. The van der Waals surface area contributed by atoms with Gasteiger partial charge in [0, 0.05) is 18.2 Å². The normalized spacial score (nSPS) is 20.3. The molecule has 6 atom stereocenters. The van der Waals surface area contributed by atoms with E-state index < -0.39 is 24.3 Å². The van der Waals surface area contributed by atoms with Crippen LogP contribution in [0.15, 0.2) is 85.1 Å². The Morgan fingerprint density at radius 2 is 1.28 bits per heavy atom. The van der Waals surface area contributed by atoms with Gasteiger partial charge in [0.2, 0.25) is 11.8 Å². The largest absolute Gasteiger partial charge is 0.453 e. The van der Waals surface area contributed by atoms with E-state index in [4.69, 9.17) is 19.4 Å². The third-order valence-corrected chi connectivity index (χ3v) is 13.6. The topological polar surface area (TPSA) is 175 Å². The van der Waals surface area contributed by atoms with E-state index in [2.05, 4.69) is 93.4 Å². The van der Waals surface area contributed by atoms with Gasteiger partial charge in [-0.25, -0.2) is 19.6 Å². The van der Waals surface area contributed by atoms with Gasteiger partial charge in [-0.05, 0) is 107 Å². The van der Waals surface area contributed by atoms with E-state index in [-0.39, 0.29) is 41.8 Å². The van der Waals surface area contributed by atoms with Crippen LogP contribution in [0, 0.1) is 17.8 Å². The molecule has 0 radical (unpaired) electrons. The Morgan fingerprint density at radius 1 is 0.688 bits per heavy atom. The Kier molecular flexibility index (Phi) is 11.6. The zero-order valence-electron chi connectivity index (χ0n) is 37.2. The number of amides is 4. The van der Waals surface area contributed by atoms with Crippen LogP contribution in [-0.4, -0.2) is 92.6 Å². The number of nitrogens with one attached hydrogen (secondary N) is 4. The summed E-state index contributed by atoms with van der Waals surface area (Å²) in [5, 5.41) is 7.70. The average Bonchev–Trinajstić information content (AvgIpc) is 4.17. The second-order valence-corrected chi connectivity index (χ2v) is 18.2. The number of methoxy groups -OCH3 is 2. The molecule has 6 aromatic rings. The minimum absolute atomic E-state index is 0.0877. The first-order valence-corrected chi connectivity index (χ1v) is 22.4. The molecule has 0 unspecified atom stereocenters. The number of hydrogen-bond donors (Lipinski definition) is 4. The molecule has 9 rings (SSSR count). The van der Waals surface area contributed by atoms with Crippen molar-refractivity contribution in [1.82, 2.24) is 40.4 Å². The van der Waals surface area contributed by atoms with Gasteiger partial charge in [0.25, 0.3) is 0 Å². The van der Waals surface area contributed by atoms with Crippen LogP contribution < -0.4 is 10.6 Å². The van der Waals surface area contributed by atoms with Crippen LogP contribution in [0.5, 0.6) is 0 Å². The lowest BCUT2D eigenvalue weighted by atomic mass is 9.95. The summed E-state index contributed by atoms with van der Waals surface area (Å²) in [5.41, 5.74) is 8.01. The number of fused-ring (bicyclic) bond motifs is 4. The van der Waals surface area contributed by atoms with E-state index in [0.29, 0.717) is 12.5 Å². The Hall–Kier alpha value is -6.70. The van der Waals surface area contributed by atoms with Gasteiger partial charge in [0.15, 0.2) is 0 Å². The lowest BCUT2D eigenvalue weighted by molar-refractivity contribution is -0.139. The van der Waals surface area contributed by atoms with Crippen molar-refractivity contribution in [3.05, 3.63) is 96.7 Å². The molecular weight excluding hydrogens is 809 g/mol. The number of carbonyl (C=O) groups is 4. The van der Waals surface area contributed by atoms with Gasteiger partial charge < -0.3 is 39.9 Å². The summed E-state index contributed by atoms with van der Waals surface area (Å²) in [7, 11) is 2.61. The summed E-state index contributed by atoms with van der Waals surface area (Å²) in [4.78, 5) is 72.5. The SMILES string of the molecule is COC(=O)N[C@H](C(=O)N1CCC[C@H]1c1ncc(-c2ccc3cc(-c4ccc(-c5ccc6nc([C@@H]7[C@@H]8CC[C@H](C8)N7C(=O)[C@@H](NC(=O)OC)C(C)C)[nH]c6c5)cc4)ccc3c2)[nH]1)C(C)C. The van der Waals surface area contributed by atoms with Gasteiger partial charge in [-0.15, -0.1) is 0 Å². The van der Waals surface area contributed by atoms with E-state index in [9.17, 15) is 19.2 Å². The fourth-order valence-corrected chi connectivity index (χ4v) is 10.2. The number of nitrogens with zero attached hydrogens (tertiary/aromatic N) is 4. The van der Waals surface area contributed by atoms with E-state index in [0.717, 1.165) is 99.1 Å². The molecule has 2 aliphatic heterocycles. The molecule has 4 aromatic carbocycles. The minimum Gasteiger partial charge on any atom is -0.453 e. The highest BCUT2D eigenvalue weighted by Crippen LogP contribution is 2.50. The highest BCUT2D eigenvalue weighted by atomic mass is 16.5. The standard InChI is InChI=1S/C50H56N8O6/c1-27(2)42(55-49(61)63-5)47(59)57-21-7-8-41(57)45-51-26-40(54-45)35-16-15-32-22-31(13-14-33(32)23-35)29-9-11-30(12-10-29)34-18-20-38-39(25-34)53-46(52-38)44-36-17-19-37(24-36)58(44)48(60)43(28(3)4)56-50(62)64-6/h9-16,18,20,22-23,25-28,36-37,41-44H,7-8,17,19,21,24H2,1-6H3,(H,51,54)(H,52,53)(H,55,61)(H,56,62)/t36-,37-,41+,42+,43+,44+/m1/s1. The number of rotatable bonds is 11. The van der Waals surface area contributed by atoms with Crippen molar-refractivity contribution in [2.45, 2.75) is 90.0 Å². The Morgan fingerprint density at radius 3 is 1.94 bits per heavy atom. The molecule has 4 heterocycles. The van der Waals surface area contributed by atoms with Crippen LogP contribution in [0.1, 0.15) is 83.5 Å². The maximum absolute atomic E-state index is 14.0. The summed E-state index contributed by atoms with van der Waals surface area (Å²) >= 11 is 0. The fourth-order valence-electron chi connectivity index (χ4n) is 10.2. The molecule has 4 N–H and O–H groups in total. The Bertz CT molecular complexity index is 2720. The molecule has 14 nitrogen and oxygen atoms in total. The number of ether oxygens (including phenoxy) is 2. The third kappa shape index (κ3) is 8.05. The predicted octanol–water partition coefficient (Wildman–Crippen LogP) is 8.92. The van der Waals surface area contributed by atoms with E-state index in [1.807, 2.05) is 49.8 Å². The smallest absolute Gasteiger partial charge is 0.407 e. The van der Waals surface area contributed by atoms with Gasteiger partial charge in [0.1, 0.15) is 23.7 Å². The lowest BCUT2D eigenvalue weighted by Crippen LogP contribution is -2.54. The van der Waals surface area contributed by atoms with Crippen LogP contribution in [0.4, 0.5) is 9.59 Å². The first kappa shape index (κ1) is 42.6. The predicted molar refractivity (Wildman–Crippen MR) is 245 cm³/mol. The van der Waals surface area contributed by atoms with Crippen LogP contribution in [0.2, 0.25) is 0 Å². The van der Waals surface area contributed by atoms with Crippen LogP contribution in [-0.2, 0) is 19.1 Å². The highest BCUT2D eigenvalue weighted by Gasteiger charge is 2.51. The molecule has 3 fully saturated rings. The van der Waals surface area contributed by atoms with E-state index in [1.165, 1.54) is 14.2 Å². The molecule has 2 bridgehead atoms. The maximum atomic E-state index is 14.0. The lowest BCUT2D eigenvalue weighted by Gasteiger charge is -2.37. The average molecular weight is 865 g/mol. The number of aromatic nitrogens is 4. The monoisotopic (exact) mass is 864 g/mol. The second-order valence-electron chi connectivity index (χ2n) is 18.2. The molecule has 64 heavy (non-hydrogen) atoms. The first-order chi connectivity index (χ1) is 30.9. The minimum atomic E-state index is -0.688. The van der Waals surface area contributed by atoms with Crippen molar-refractivity contribution in [3.8, 4) is 33.5 Å². The van der Waals surface area contributed by atoms with Crippen molar-refractivity contribution in [3.63, 3.8) is 0 Å². The maximum Gasteiger partial charge on any atom is 0.407 e. The van der Waals surface area contributed by atoms with Gasteiger partial charge in [-0.2, -0.15) is 0 Å². The number of H-pyrrole nitrogens is 2. The number of hydrogen-bond acceptors (Lipinski definition) is 8. The number of alkyl carbamates (subject to hydrolysis) is 2. The zero-order chi connectivity index (χ0) is 44.8. The van der Waals surface area contributed by atoms with Crippen LogP contribution in [0.3, 0.4) is 0 Å². The second kappa shape index (κ2) is 17.5. The van der Waals surface area contributed by atoms with Gasteiger partial charge in [-0.3, -0.25) is 9.59 Å². The van der Waals surface area contributed by atoms with Crippen molar-refractivity contribution in [1.29, 1.82) is 0 Å². The molecule has 4 amide bonds. The third-order valence-electron chi connectivity index (χ3n) is 13.6. The summed E-state index contributed by atoms with van der Waals surface area (Å²) in [6, 6.07) is 26.1. The summed E-state index contributed by atoms with van der Waals surface area (Å²) in [6.07, 6.45) is 5.17. The number of carbonyl (C=O) groups excluding carboxylic acids is 4. The van der Waals surface area contributed by atoms with Crippen molar-refractivity contribution < 1.29 is 28.7 Å². The summed E-state index contributed by atoms with van der Waals surface area (Å²) < 4.78 is 9.62. The summed E-state index contributed by atoms with van der Waals surface area (Å²) in [5.74, 6) is 1.41. The number of imidazole rings is 2. The number of aromatic amines is 2. The highest BCUT2D eigenvalue weighted by molar-refractivity contribution is 5.91.